The Bertz CT molecular complexity index is 237. The van der Waals surface area contributed by atoms with E-state index in [0.29, 0.717) is 6.42 Å². The topological polar surface area (TPSA) is 33.1 Å². The Morgan fingerprint density at radius 2 is 2.45 bits per heavy atom. The second-order valence-electron chi connectivity index (χ2n) is 2.52. The summed E-state index contributed by atoms with van der Waals surface area (Å²) < 4.78 is 0.959. The third-order valence-corrected chi connectivity index (χ3v) is 2.09. The zero-order chi connectivity index (χ0) is 8.27. The van der Waals surface area contributed by atoms with E-state index in [1.165, 1.54) is 0 Å². The van der Waals surface area contributed by atoms with Crippen molar-refractivity contribution in [2.24, 2.45) is 0 Å². The van der Waals surface area contributed by atoms with Gasteiger partial charge in [0.25, 0.3) is 0 Å². The second-order valence-corrected chi connectivity index (χ2v) is 3.37. The molecule has 0 aliphatic heterocycles. The highest BCUT2D eigenvalue weighted by molar-refractivity contribution is 9.10. The molecule has 1 atom stereocenters. The van der Waals surface area contributed by atoms with Gasteiger partial charge in [-0.05, 0) is 40.9 Å². The van der Waals surface area contributed by atoms with Gasteiger partial charge in [0.1, 0.15) is 0 Å². The summed E-state index contributed by atoms with van der Waals surface area (Å²) in [6.45, 7) is 1.77. The number of pyridine rings is 1. The lowest BCUT2D eigenvalue weighted by Crippen LogP contribution is -2.04. The lowest BCUT2D eigenvalue weighted by atomic mass is 10.1. The molecule has 0 saturated carbocycles. The smallest absolute Gasteiger partial charge is 0.0552 e. The molecule has 1 rings (SSSR count). The SMILES string of the molecule is C[C@@H](O)Cc1ccncc1Br. The summed E-state index contributed by atoms with van der Waals surface area (Å²) in [4.78, 5) is 3.92. The van der Waals surface area contributed by atoms with Crippen molar-refractivity contribution in [3.8, 4) is 0 Å². The fraction of sp³-hybridized carbons (Fsp3) is 0.375. The van der Waals surface area contributed by atoms with Crippen LogP contribution in [0.3, 0.4) is 0 Å². The monoisotopic (exact) mass is 215 g/mol. The van der Waals surface area contributed by atoms with Crippen LogP contribution in [0.4, 0.5) is 0 Å². The van der Waals surface area contributed by atoms with Crippen LogP contribution in [0.2, 0.25) is 0 Å². The molecule has 0 fully saturated rings. The van der Waals surface area contributed by atoms with Gasteiger partial charge < -0.3 is 5.11 Å². The summed E-state index contributed by atoms with van der Waals surface area (Å²) in [5.74, 6) is 0. The van der Waals surface area contributed by atoms with Crippen molar-refractivity contribution >= 4 is 15.9 Å². The standard InChI is InChI=1S/C8H10BrNO/c1-6(11)4-7-2-3-10-5-8(7)9/h2-3,5-6,11H,4H2,1H3/t6-/m1/s1. The van der Waals surface area contributed by atoms with E-state index in [2.05, 4.69) is 20.9 Å². The van der Waals surface area contributed by atoms with Gasteiger partial charge in [0.2, 0.25) is 0 Å². The summed E-state index contributed by atoms with van der Waals surface area (Å²) in [6.07, 6.45) is 3.83. The van der Waals surface area contributed by atoms with E-state index in [9.17, 15) is 0 Å². The zero-order valence-corrected chi connectivity index (χ0v) is 7.87. The van der Waals surface area contributed by atoms with Gasteiger partial charge in [0, 0.05) is 16.9 Å². The molecule has 0 spiro atoms. The van der Waals surface area contributed by atoms with Crippen molar-refractivity contribution in [3.05, 3.63) is 28.5 Å². The van der Waals surface area contributed by atoms with Crippen LogP contribution in [0.1, 0.15) is 12.5 Å². The minimum atomic E-state index is -0.298. The van der Waals surface area contributed by atoms with Gasteiger partial charge in [-0.25, -0.2) is 0 Å². The van der Waals surface area contributed by atoms with E-state index in [-0.39, 0.29) is 6.10 Å². The molecule has 0 saturated heterocycles. The summed E-state index contributed by atoms with van der Waals surface area (Å²) in [5, 5.41) is 9.09. The fourth-order valence-electron chi connectivity index (χ4n) is 0.888. The Kier molecular flexibility index (Phi) is 3.02. The summed E-state index contributed by atoms with van der Waals surface area (Å²) in [6, 6.07) is 1.90. The molecule has 1 aromatic heterocycles. The van der Waals surface area contributed by atoms with Crippen LogP contribution in [-0.2, 0) is 6.42 Å². The van der Waals surface area contributed by atoms with Crippen LogP contribution in [-0.4, -0.2) is 16.2 Å². The number of hydrogen-bond donors (Lipinski definition) is 1. The van der Waals surface area contributed by atoms with Gasteiger partial charge in [-0.1, -0.05) is 0 Å². The minimum Gasteiger partial charge on any atom is -0.393 e. The molecule has 1 aromatic rings. The second kappa shape index (κ2) is 3.83. The van der Waals surface area contributed by atoms with Crippen molar-refractivity contribution in [1.82, 2.24) is 4.98 Å². The average Bonchev–Trinajstić information content (AvgIpc) is 1.93. The van der Waals surface area contributed by atoms with Crippen LogP contribution in [0.25, 0.3) is 0 Å². The molecule has 2 nitrogen and oxygen atoms in total. The van der Waals surface area contributed by atoms with Crippen LogP contribution in [0, 0.1) is 0 Å². The summed E-state index contributed by atoms with van der Waals surface area (Å²) in [7, 11) is 0. The molecule has 1 heterocycles. The van der Waals surface area contributed by atoms with Gasteiger partial charge in [-0.3, -0.25) is 4.98 Å². The average molecular weight is 216 g/mol. The Labute approximate surface area is 74.4 Å². The predicted molar refractivity (Wildman–Crippen MR) is 47.3 cm³/mol. The largest absolute Gasteiger partial charge is 0.393 e. The van der Waals surface area contributed by atoms with E-state index in [1.807, 2.05) is 6.07 Å². The zero-order valence-electron chi connectivity index (χ0n) is 6.29. The van der Waals surface area contributed by atoms with Gasteiger partial charge in [-0.2, -0.15) is 0 Å². The van der Waals surface area contributed by atoms with E-state index in [0.717, 1.165) is 10.0 Å². The maximum Gasteiger partial charge on any atom is 0.0552 e. The van der Waals surface area contributed by atoms with Gasteiger partial charge in [-0.15, -0.1) is 0 Å². The van der Waals surface area contributed by atoms with Crippen molar-refractivity contribution in [2.45, 2.75) is 19.4 Å². The lowest BCUT2D eigenvalue weighted by molar-refractivity contribution is 0.195. The highest BCUT2D eigenvalue weighted by Gasteiger charge is 2.01. The van der Waals surface area contributed by atoms with Gasteiger partial charge >= 0.3 is 0 Å². The predicted octanol–water partition coefficient (Wildman–Crippen LogP) is 1.77. The number of aromatic nitrogens is 1. The van der Waals surface area contributed by atoms with Crippen molar-refractivity contribution < 1.29 is 5.11 Å². The first kappa shape index (κ1) is 8.68. The van der Waals surface area contributed by atoms with E-state index in [4.69, 9.17) is 5.11 Å². The molecule has 3 heteroatoms. The highest BCUT2D eigenvalue weighted by atomic mass is 79.9. The Morgan fingerprint density at radius 3 is 3.00 bits per heavy atom. The van der Waals surface area contributed by atoms with Gasteiger partial charge in [0.15, 0.2) is 0 Å². The number of aliphatic hydroxyl groups excluding tert-OH is 1. The van der Waals surface area contributed by atoms with E-state index >= 15 is 0 Å². The Morgan fingerprint density at radius 1 is 1.73 bits per heavy atom. The number of halogens is 1. The van der Waals surface area contributed by atoms with Crippen LogP contribution >= 0.6 is 15.9 Å². The molecule has 11 heavy (non-hydrogen) atoms. The molecule has 0 unspecified atom stereocenters. The van der Waals surface area contributed by atoms with Crippen LogP contribution < -0.4 is 0 Å². The molecule has 0 amide bonds. The molecule has 60 valence electrons. The van der Waals surface area contributed by atoms with Crippen LogP contribution in [0.5, 0.6) is 0 Å². The maximum absolute atomic E-state index is 9.09. The molecule has 1 N–H and O–H groups in total. The molecule has 0 aliphatic carbocycles. The molecular formula is C8H10BrNO. The first-order chi connectivity index (χ1) is 5.20. The van der Waals surface area contributed by atoms with E-state index < -0.39 is 0 Å². The molecule has 0 aliphatic rings. The minimum absolute atomic E-state index is 0.298. The number of rotatable bonds is 2. The molecule has 0 radical (unpaired) electrons. The van der Waals surface area contributed by atoms with Gasteiger partial charge in [0.05, 0.1) is 6.10 Å². The fourth-order valence-corrected chi connectivity index (χ4v) is 1.30. The Hall–Kier alpha value is -0.410. The summed E-state index contributed by atoms with van der Waals surface area (Å²) >= 11 is 3.35. The first-order valence-corrected chi connectivity index (χ1v) is 4.26. The van der Waals surface area contributed by atoms with Crippen molar-refractivity contribution in [2.75, 3.05) is 0 Å². The van der Waals surface area contributed by atoms with E-state index in [1.54, 1.807) is 19.3 Å². The number of nitrogens with zero attached hydrogens (tertiary/aromatic N) is 1. The molecule has 0 aromatic carbocycles. The highest BCUT2D eigenvalue weighted by Crippen LogP contribution is 2.15. The normalized spacial score (nSPS) is 13.0. The third kappa shape index (κ3) is 2.60. The lowest BCUT2D eigenvalue weighted by Gasteiger charge is -2.04. The molecular weight excluding hydrogens is 206 g/mol. The number of aliphatic hydroxyl groups is 1. The summed E-state index contributed by atoms with van der Waals surface area (Å²) in [5.41, 5.74) is 1.09. The Balaban J connectivity index is 2.78. The van der Waals surface area contributed by atoms with Crippen molar-refractivity contribution in [1.29, 1.82) is 0 Å². The number of hydrogen-bond acceptors (Lipinski definition) is 2. The van der Waals surface area contributed by atoms with Crippen LogP contribution in [0.15, 0.2) is 22.9 Å². The first-order valence-electron chi connectivity index (χ1n) is 3.46. The third-order valence-electron chi connectivity index (χ3n) is 1.37. The molecule has 0 bridgehead atoms. The quantitative estimate of drug-likeness (QED) is 0.817. The maximum atomic E-state index is 9.09. The van der Waals surface area contributed by atoms with Crippen molar-refractivity contribution in [3.63, 3.8) is 0 Å².